The third-order valence-electron chi connectivity index (χ3n) is 5.27. The third kappa shape index (κ3) is 5.17. The average Bonchev–Trinajstić information content (AvgIpc) is 2.98. The molecule has 0 aliphatic carbocycles. The van der Waals surface area contributed by atoms with Crippen molar-refractivity contribution in [2.24, 2.45) is 5.92 Å². The van der Waals surface area contributed by atoms with E-state index < -0.39 is 6.23 Å². The number of benzene rings is 2. The fourth-order valence-corrected chi connectivity index (χ4v) is 4.46. The topological polar surface area (TPSA) is 77.4 Å². The quantitative estimate of drug-likeness (QED) is 0.372. The summed E-state index contributed by atoms with van der Waals surface area (Å²) in [5, 5.41) is 9.39. The van der Waals surface area contributed by atoms with Crippen molar-refractivity contribution in [3.63, 3.8) is 0 Å². The summed E-state index contributed by atoms with van der Waals surface area (Å²) in [4.78, 5) is 19.9. The van der Waals surface area contributed by atoms with Crippen LogP contribution >= 0.6 is 11.8 Å². The molecule has 1 amide bonds. The molecule has 1 aromatic heterocycles. The van der Waals surface area contributed by atoms with Gasteiger partial charge in [-0.1, -0.05) is 50.7 Å². The number of carbonyl (C=O) groups excluding carboxylic acids is 1. The van der Waals surface area contributed by atoms with Gasteiger partial charge in [0, 0.05) is 23.3 Å². The van der Waals surface area contributed by atoms with Crippen LogP contribution in [0.15, 0.2) is 53.7 Å². The summed E-state index contributed by atoms with van der Waals surface area (Å²) in [5.41, 5.74) is 2.87. The van der Waals surface area contributed by atoms with Crippen LogP contribution < -0.4 is 14.4 Å². The minimum Gasteiger partial charge on any atom is -0.494 e. The van der Waals surface area contributed by atoms with E-state index in [0.29, 0.717) is 35.7 Å². The molecule has 0 saturated carbocycles. The number of aromatic nitrogens is 3. The third-order valence-corrected chi connectivity index (χ3v) is 6.53. The van der Waals surface area contributed by atoms with Crippen LogP contribution in [0, 0.1) is 5.92 Å². The smallest absolute Gasteiger partial charge is 0.247 e. The van der Waals surface area contributed by atoms with Gasteiger partial charge in [-0.25, -0.2) is 0 Å². The normalized spacial score (nSPS) is 14.7. The largest absolute Gasteiger partial charge is 0.494 e. The highest BCUT2D eigenvalue weighted by Gasteiger charge is 2.35. The summed E-state index contributed by atoms with van der Waals surface area (Å²) in [6.07, 6.45) is 0.432. The molecule has 3 aromatic rings. The number of amides is 1. The van der Waals surface area contributed by atoms with E-state index >= 15 is 0 Å². The van der Waals surface area contributed by atoms with Gasteiger partial charge in [0.05, 0.1) is 12.3 Å². The van der Waals surface area contributed by atoms with Crippen LogP contribution in [0.1, 0.15) is 52.3 Å². The van der Waals surface area contributed by atoms with Gasteiger partial charge >= 0.3 is 0 Å². The molecule has 2 heterocycles. The van der Waals surface area contributed by atoms with Crippen LogP contribution in [-0.4, -0.2) is 33.4 Å². The number of fused-ring (bicyclic) bond motifs is 3. The molecule has 0 saturated heterocycles. The monoisotopic (exact) mass is 478 g/mol. The van der Waals surface area contributed by atoms with Crippen LogP contribution in [-0.2, 0) is 4.79 Å². The standard InChI is InChI=1S/C26H30N4O3S/c1-5-9-22(31)30-21-11-8-7-10-20(21)23-24(27-26(29-28-23)34-16-17(3)4)33-25(30)18-12-14-19(15-13-18)32-6-2/h7-8,10-15,17,25H,5-6,9,16H2,1-4H3/t25-/m0/s1. The molecule has 2 aromatic carbocycles. The maximum atomic E-state index is 13.4. The van der Waals surface area contributed by atoms with Crippen molar-refractivity contribution >= 4 is 23.4 Å². The number of carbonyl (C=O) groups is 1. The van der Waals surface area contributed by atoms with Crippen LogP contribution in [0.5, 0.6) is 11.6 Å². The summed E-state index contributed by atoms with van der Waals surface area (Å²) in [6.45, 7) is 8.82. The van der Waals surface area contributed by atoms with Gasteiger partial charge in [-0.15, -0.1) is 10.2 Å². The Bertz CT molecular complexity index is 1140. The van der Waals surface area contributed by atoms with Crippen LogP contribution in [0.4, 0.5) is 5.69 Å². The van der Waals surface area contributed by atoms with E-state index in [1.165, 1.54) is 0 Å². The molecule has 178 valence electrons. The Morgan fingerprint density at radius 1 is 1.12 bits per heavy atom. The lowest BCUT2D eigenvalue weighted by Gasteiger charge is -2.31. The predicted molar refractivity (Wildman–Crippen MR) is 134 cm³/mol. The zero-order valence-electron chi connectivity index (χ0n) is 20.0. The molecular weight excluding hydrogens is 448 g/mol. The Hall–Kier alpha value is -3.13. The molecule has 34 heavy (non-hydrogen) atoms. The van der Waals surface area contributed by atoms with E-state index in [4.69, 9.17) is 14.5 Å². The first-order valence-corrected chi connectivity index (χ1v) is 12.7. The molecule has 8 heteroatoms. The van der Waals surface area contributed by atoms with Gasteiger partial charge in [0.1, 0.15) is 5.75 Å². The first-order chi connectivity index (χ1) is 16.5. The van der Waals surface area contributed by atoms with E-state index in [2.05, 4.69) is 24.0 Å². The molecule has 0 fully saturated rings. The molecule has 0 radical (unpaired) electrons. The highest BCUT2D eigenvalue weighted by molar-refractivity contribution is 7.99. The maximum Gasteiger partial charge on any atom is 0.247 e. The minimum absolute atomic E-state index is 0.0241. The lowest BCUT2D eigenvalue weighted by molar-refractivity contribution is -0.120. The summed E-state index contributed by atoms with van der Waals surface area (Å²) in [7, 11) is 0. The number of thioether (sulfide) groups is 1. The predicted octanol–water partition coefficient (Wildman–Crippen LogP) is 5.91. The number of hydrogen-bond donors (Lipinski definition) is 0. The maximum absolute atomic E-state index is 13.4. The fraction of sp³-hybridized carbons (Fsp3) is 0.385. The number of nitrogens with zero attached hydrogens (tertiary/aromatic N) is 4. The second-order valence-electron chi connectivity index (χ2n) is 8.46. The van der Waals surface area contributed by atoms with E-state index in [1.54, 1.807) is 16.7 Å². The molecule has 0 unspecified atom stereocenters. The Labute approximate surface area is 204 Å². The Balaban J connectivity index is 1.84. The number of hydrogen-bond acceptors (Lipinski definition) is 7. The molecule has 4 rings (SSSR count). The summed E-state index contributed by atoms with van der Waals surface area (Å²) < 4.78 is 12.1. The summed E-state index contributed by atoms with van der Waals surface area (Å²) in [6, 6.07) is 15.3. The van der Waals surface area contributed by atoms with E-state index in [-0.39, 0.29) is 5.91 Å². The van der Waals surface area contributed by atoms with Gasteiger partial charge < -0.3 is 9.47 Å². The van der Waals surface area contributed by atoms with Gasteiger partial charge in [0.25, 0.3) is 0 Å². The van der Waals surface area contributed by atoms with Gasteiger partial charge in [-0.2, -0.15) is 4.98 Å². The molecule has 1 atom stereocenters. The SMILES string of the molecule is CCCC(=O)N1c2ccccc2-c2nnc(SCC(C)C)nc2O[C@H]1c1ccc(OCC)cc1. The van der Waals surface area contributed by atoms with Crippen LogP contribution in [0.25, 0.3) is 11.3 Å². The minimum atomic E-state index is -0.697. The zero-order chi connectivity index (χ0) is 24.1. The average molecular weight is 479 g/mol. The van der Waals surface area contributed by atoms with Crippen molar-refractivity contribution < 1.29 is 14.3 Å². The number of anilines is 1. The van der Waals surface area contributed by atoms with Crippen LogP contribution in [0.3, 0.4) is 0 Å². The molecule has 7 nitrogen and oxygen atoms in total. The van der Waals surface area contributed by atoms with E-state index in [1.807, 2.05) is 62.4 Å². The van der Waals surface area contributed by atoms with Crippen molar-refractivity contribution in [1.82, 2.24) is 15.2 Å². The summed E-state index contributed by atoms with van der Waals surface area (Å²) >= 11 is 1.55. The van der Waals surface area contributed by atoms with Crippen molar-refractivity contribution in [2.45, 2.75) is 51.9 Å². The lowest BCUT2D eigenvalue weighted by atomic mass is 10.1. The fourth-order valence-electron chi connectivity index (χ4n) is 3.73. The first kappa shape index (κ1) is 24.0. The van der Waals surface area contributed by atoms with Gasteiger partial charge in [0.15, 0.2) is 5.69 Å². The highest BCUT2D eigenvalue weighted by Crippen LogP contribution is 2.43. The van der Waals surface area contributed by atoms with Crippen molar-refractivity contribution in [2.75, 3.05) is 17.3 Å². The Morgan fingerprint density at radius 2 is 1.88 bits per heavy atom. The summed E-state index contributed by atoms with van der Waals surface area (Å²) in [5.74, 6) is 2.49. The van der Waals surface area contributed by atoms with Gasteiger partial charge in [0.2, 0.25) is 23.2 Å². The van der Waals surface area contributed by atoms with E-state index in [0.717, 1.165) is 34.7 Å². The number of para-hydroxylation sites is 1. The molecule has 0 spiro atoms. The lowest BCUT2D eigenvalue weighted by Crippen LogP contribution is -2.37. The van der Waals surface area contributed by atoms with Gasteiger partial charge in [-0.3, -0.25) is 9.69 Å². The van der Waals surface area contributed by atoms with Crippen molar-refractivity contribution in [3.8, 4) is 22.9 Å². The second-order valence-corrected chi connectivity index (χ2v) is 9.44. The Kier molecular flexibility index (Phi) is 7.67. The van der Waals surface area contributed by atoms with Gasteiger partial charge in [-0.05, 0) is 49.6 Å². The second kappa shape index (κ2) is 10.9. The number of ether oxygens (including phenoxy) is 2. The molecular formula is C26H30N4O3S. The molecule has 1 aliphatic rings. The van der Waals surface area contributed by atoms with Crippen molar-refractivity contribution in [1.29, 1.82) is 0 Å². The first-order valence-electron chi connectivity index (χ1n) is 11.7. The Morgan fingerprint density at radius 3 is 2.59 bits per heavy atom. The van der Waals surface area contributed by atoms with Crippen LogP contribution in [0.2, 0.25) is 0 Å². The molecule has 1 aliphatic heterocycles. The zero-order valence-corrected chi connectivity index (χ0v) is 20.8. The highest BCUT2D eigenvalue weighted by atomic mass is 32.2. The van der Waals surface area contributed by atoms with Crippen molar-refractivity contribution in [3.05, 3.63) is 54.1 Å². The molecule has 0 N–H and O–H groups in total. The molecule has 0 bridgehead atoms. The van der Waals surface area contributed by atoms with E-state index in [9.17, 15) is 4.79 Å². The number of rotatable bonds is 8.